The number of aliphatic carboxylic acids is 1. The quantitative estimate of drug-likeness (QED) is 0.834. The predicted molar refractivity (Wildman–Crippen MR) is 75.5 cm³/mol. The highest BCUT2D eigenvalue weighted by molar-refractivity contribution is 9.10. The Kier molecular flexibility index (Phi) is 4.97. The number of hydrogen-bond acceptors (Lipinski definition) is 1. The van der Waals surface area contributed by atoms with Crippen LogP contribution in [0.1, 0.15) is 37.7 Å². The monoisotopic (exact) mass is 328 g/mol. The normalized spacial score (nSPS) is 23.9. The Morgan fingerprint density at radius 2 is 2.05 bits per heavy atom. The number of carboxylic acids is 1. The van der Waals surface area contributed by atoms with Gasteiger partial charge in [-0.15, -0.1) is 0 Å². The minimum Gasteiger partial charge on any atom is -0.481 e. The zero-order valence-corrected chi connectivity index (χ0v) is 12.3. The molecule has 1 saturated carbocycles. The van der Waals surface area contributed by atoms with Crippen molar-refractivity contribution in [1.29, 1.82) is 0 Å². The molecule has 2 rings (SSSR count). The van der Waals surface area contributed by atoms with Gasteiger partial charge in [0, 0.05) is 4.47 Å². The Labute approximate surface area is 121 Å². The number of rotatable bonds is 3. The summed E-state index contributed by atoms with van der Waals surface area (Å²) in [4.78, 5) is 11.4. The first-order chi connectivity index (χ1) is 9.08. The molecule has 104 valence electrons. The Balaban J connectivity index is 2.16. The fraction of sp³-hybridized carbons (Fsp3) is 0.533. The molecular weight excluding hydrogens is 311 g/mol. The molecule has 0 spiro atoms. The smallest absolute Gasteiger partial charge is 0.306 e. The lowest BCUT2D eigenvalue weighted by molar-refractivity contribution is -0.143. The molecule has 0 saturated heterocycles. The van der Waals surface area contributed by atoms with Crippen LogP contribution < -0.4 is 0 Å². The first-order valence-electron chi connectivity index (χ1n) is 6.74. The van der Waals surface area contributed by atoms with E-state index in [9.17, 15) is 14.3 Å². The summed E-state index contributed by atoms with van der Waals surface area (Å²) in [5.74, 6) is -1.07. The molecule has 0 radical (unpaired) electrons. The Morgan fingerprint density at radius 1 is 1.32 bits per heavy atom. The van der Waals surface area contributed by atoms with Crippen molar-refractivity contribution in [2.75, 3.05) is 0 Å². The molecule has 1 fully saturated rings. The molecule has 2 nitrogen and oxygen atoms in total. The van der Waals surface area contributed by atoms with Gasteiger partial charge in [-0.3, -0.25) is 4.79 Å². The fourth-order valence-electron chi connectivity index (χ4n) is 2.92. The van der Waals surface area contributed by atoms with E-state index in [1.807, 2.05) is 0 Å². The first kappa shape index (κ1) is 14.5. The predicted octanol–water partition coefficient (Wildman–Crippen LogP) is 4.41. The highest BCUT2D eigenvalue weighted by Gasteiger charge is 2.29. The van der Waals surface area contributed by atoms with Gasteiger partial charge in [-0.1, -0.05) is 41.3 Å². The Morgan fingerprint density at radius 3 is 2.74 bits per heavy atom. The molecule has 0 amide bonds. The molecule has 2 unspecified atom stereocenters. The average molecular weight is 329 g/mol. The summed E-state index contributed by atoms with van der Waals surface area (Å²) in [6.07, 6.45) is 5.62. The van der Waals surface area contributed by atoms with Crippen molar-refractivity contribution in [2.45, 2.75) is 38.5 Å². The van der Waals surface area contributed by atoms with E-state index in [0.29, 0.717) is 6.42 Å². The van der Waals surface area contributed by atoms with E-state index in [4.69, 9.17) is 0 Å². The van der Waals surface area contributed by atoms with Gasteiger partial charge in [0.05, 0.1) is 5.92 Å². The number of carbonyl (C=O) groups is 1. The third-order valence-corrected chi connectivity index (χ3v) is 4.71. The van der Waals surface area contributed by atoms with Gasteiger partial charge >= 0.3 is 5.97 Å². The van der Waals surface area contributed by atoms with E-state index in [-0.39, 0.29) is 17.7 Å². The standard InChI is InChI=1S/C15H18BrFO2/c16-14-9-12(17)7-6-11(14)8-10-4-2-1-3-5-13(10)15(18)19/h6-7,9-10,13H,1-5,8H2,(H,18,19). The minimum atomic E-state index is -0.690. The van der Waals surface area contributed by atoms with E-state index in [1.54, 1.807) is 6.07 Å². The average Bonchev–Trinajstić information content (AvgIpc) is 2.58. The summed E-state index contributed by atoms with van der Waals surface area (Å²) in [7, 11) is 0. The van der Waals surface area contributed by atoms with E-state index in [2.05, 4.69) is 15.9 Å². The van der Waals surface area contributed by atoms with Crippen molar-refractivity contribution >= 4 is 21.9 Å². The van der Waals surface area contributed by atoms with E-state index in [0.717, 1.165) is 42.1 Å². The SMILES string of the molecule is O=C(O)C1CCCCCC1Cc1ccc(F)cc1Br. The lowest BCUT2D eigenvalue weighted by Crippen LogP contribution is -2.24. The van der Waals surface area contributed by atoms with Crippen LogP contribution in [0.15, 0.2) is 22.7 Å². The molecule has 4 heteroatoms. The van der Waals surface area contributed by atoms with Crippen LogP contribution in [-0.4, -0.2) is 11.1 Å². The molecule has 1 aliphatic rings. The molecule has 1 aliphatic carbocycles. The lowest BCUT2D eigenvalue weighted by Gasteiger charge is -2.22. The van der Waals surface area contributed by atoms with Crippen molar-refractivity contribution in [1.82, 2.24) is 0 Å². The Hall–Kier alpha value is -0.900. The third kappa shape index (κ3) is 3.78. The zero-order chi connectivity index (χ0) is 13.8. The van der Waals surface area contributed by atoms with Gasteiger partial charge in [-0.05, 0) is 42.9 Å². The summed E-state index contributed by atoms with van der Waals surface area (Å²) in [5, 5.41) is 9.35. The van der Waals surface area contributed by atoms with Crippen molar-refractivity contribution in [2.24, 2.45) is 11.8 Å². The molecule has 0 aromatic heterocycles. The molecule has 2 atom stereocenters. The van der Waals surface area contributed by atoms with Crippen LogP contribution in [0.4, 0.5) is 4.39 Å². The molecule has 1 aromatic rings. The van der Waals surface area contributed by atoms with Crippen molar-refractivity contribution in [3.05, 3.63) is 34.1 Å². The number of benzene rings is 1. The maximum Gasteiger partial charge on any atom is 0.306 e. The van der Waals surface area contributed by atoms with Gasteiger partial charge in [0.25, 0.3) is 0 Å². The van der Waals surface area contributed by atoms with Crippen LogP contribution in [0, 0.1) is 17.7 Å². The molecule has 1 aromatic carbocycles. The minimum absolute atomic E-state index is 0.154. The first-order valence-corrected chi connectivity index (χ1v) is 7.54. The van der Waals surface area contributed by atoms with Crippen LogP contribution in [0.5, 0.6) is 0 Å². The molecule has 19 heavy (non-hydrogen) atoms. The van der Waals surface area contributed by atoms with E-state index >= 15 is 0 Å². The maximum atomic E-state index is 13.1. The topological polar surface area (TPSA) is 37.3 Å². The van der Waals surface area contributed by atoms with Gasteiger partial charge in [-0.2, -0.15) is 0 Å². The third-order valence-electron chi connectivity index (χ3n) is 3.97. The van der Waals surface area contributed by atoms with Crippen LogP contribution >= 0.6 is 15.9 Å². The van der Waals surface area contributed by atoms with Crippen LogP contribution in [-0.2, 0) is 11.2 Å². The van der Waals surface area contributed by atoms with E-state index in [1.165, 1.54) is 12.1 Å². The molecule has 0 heterocycles. The van der Waals surface area contributed by atoms with Gasteiger partial charge < -0.3 is 5.11 Å². The van der Waals surface area contributed by atoms with Gasteiger partial charge in [0.15, 0.2) is 0 Å². The summed E-state index contributed by atoms with van der Waals surface area (Å²) in [6.45, 7) is 0. The van der Waals surface area contributed by atoms with Crippen LogP contribution in [0.25, 0.3) is 0 Å². The highest BCUT2D eigenvalue weighted by atomic mass is 79.9. The molecular formula is C15H18BrFO2. The second-order valence-corrected chi connectivity index (χ2v) is 6.14. The number of carboxylic acid groups (broad SMARTS) is 1. The number of halogens is 2. The molecule has 1 N–H and O–H groups in total. The maximum absolute atomic E-state index is 13.1. The highest BCUT2D eigenvalue weighted by Crippen LogP contribution is 2.33. The molecule has 0 aliphatic heterocycles. The Bertz CT molecular complexity index is 461. The lowest BCUT2D eigenvalue weighted by atomic mass is 9.83. The van der Waals surface area contributed by atoms with E-state index < -0.39 is 5.97 Å². The zero-order valence-electron chi connectivity index (χ0n) is 10.7. The second-order valence-electron chi connectivity index (χ2n) is 5.28. The number of hydrogen-bond donors (Lipinski definition) is 1. The summed E-state index contributed by atoms with van der Waals surface area (Å²) >= 11 is 3.36. The van der Waals surface area contributed by atoms with Crippen LogP contribution in [0.3, 0.4) is 0 Å². The van der Waals surface area contributed by atoms with Crippen molar-refractivity contribution in [3.63, 3.8) is 0 Å². The van der Waals surface area contributed by atoms with Gasteiger partial charge in [-0.25, -0.2) is 4.39 Å². The summed E-state index contributed by atoms with van der Waals surface area (Å²) in [5.41, 5.74) is 1.000. The summed E-state index contributed by atoms with van der Waals surface area (Å²) in [6, 6.07) is 4.64. The summed E-state index contributed by atoms with van der Waals surface area (Å²) < 4.78 is 13.8. The fourth-order valence-corrected chi connectivity index (χ4v) is 3.44. The van der Waals surface area contributed by atoms with Crippen molar-refractivity contribution in [3.8, 4) is 0 Å². The second kappa shape index (κ2) is 6.51. The van der Waals surface area contributed by atoms with Crippen molar-refractivity contribution < 1.29 is 14.3 Å². The van der Waals surface area contributed by atoms with Gasteiger partial charge in [0.1, 0.15) is 5.82 Å². The largest absolute Gasteiger partial charge is 0.481 e. The molecule has 0 bridgehead atoms. The van der Waals surface area contributed by atoms with Crippen LogP contribution in [0.2, 0.25) is 0 Å². The van der Waals surface area contributed by atoms with Gasteiger partial charge in [0.2, 0.25) is 0 Å².